The van der Waals surface area contributed by atoms with Gasteiger partial charge in [-0.15, -0.1) is 24.0 Å². The van der Waals surface area contributed by atoms with Gasteiger partial charge < -0.3 is 25.2 Å². The summed E-state index contributed by atoms with van der Waals surface area (Å²) in [4.78, 5) is 7.11. The van der Waals surface area contributed by atoms with Crippen molar-refractivity contribution in [3.8, 4) is 5.75 Å². The Labute approximate surface area is 214 Å². The lowest BCUT2D eigenvalue weighted by Gasteiger charge is -2.26. The van der Waals surface area contributed by atoms with E-state index in [1.54, 1.807) is 0 Å². The van der Waals surface area contributed by atoms with E-state index < -0.39 is 0 Å². The number of aliphatic imine (C=N–C) groups is 1. The van der Waals surface area contributed by atoms with Crippen LogP contribution in [0.15, 0.2) is 59.6 Å². The average molecular weight is 569 g/mol. The van der Waals surface area contributed by atoms with Gasteiger partial charge in [0, 0.05) is 44.2 Å². The van der Waals surface area contributed by atoms with Crippen molar-refractivity contribution in [3.05, 3.63) is 65.7 Å². The number of morpholine rings is 1. The molecule has 0 amide bonds. The number of ether oxygens (including phenoxy) is 2. The summed E-state index contributed by atoms with van der Waals surface area (Å²) >= 11 is 0. The van der Waals surface area contributed by atoms with E-state index >= 15 is 0 Å². The number of aliphatic hydroxyl groups excluding tert-OH is 1. The Bertz CT molecular complexity index is 816. The molecule has 2 aromatic carbocycles. The van der Waals surface area contributed by atoms with Crippen molar-refractivity contribution in [2.24, 2.45) is 4.99 Å². The molecular formula is C25H37IN4O3. The third-order valence-electron chi connectivity index (χ3n) is 5.50. The van der Waals surface area contributed by atoms with Crippen LogP contribution in [-0.4, -0.2) is 75.1 Å². The van der Waals surface area contributed by atoms with Crippen molar-refractivity contribution in [3.63, 3.8) is 0 Å². The second kappa shape index (κ2) is 15.9. The average Bonchev–Trinajstić information content (AvgIpc) is 2.85. The summed E-state index contributed by atoms with van der Waals surface area (Å²) < 4.78 is 11.5. The van der Waals surface area contributed by atoms with E-state index in [2.05, 4.69) is 21.6 Å². The summed E-state index contributed by atoms with van der Waals surface area (Å²) in [6.45, 7) is 9.06. The second-order valence-corrected chi connectivity index (χ2v) is 7.78. The highest BCUT2D eigenvalue weighted by atomic mass is 127. The van der Waals surface area contributed by atoms with Gasteiger partial charge in [0.2, 0.25) is 0 Å². The fourth-order valence-electron chi connectivity index (χ4n) is 3.62. The summed E-state index contributed by atoms with van der Waals surface area (Å²) in [5, 5.41) is 16.5. The van der Waals surface area contributed by atoms with Crippen LogP contribution < -0.4 is 15.4 Å². The van der Waals surface area contributed by atoms with E-state index in [0.717, 1.165) is 62.2 Å². The summed E-state index contributed by atoms with van der Waals surface area (Å²) in [6, 6.07) is 18.1. The van der Waals surface area contributed by atoms with E-state index in [4.69, 9.17) is 14.5 Å². The van der Waals surface area contributed by atoms with Crippen molar-refractivity contribution >= 4 is 29.9 Å². The fraction of sp³-hybridized carbons (Fsp3) is 0.480. The SMILES string of the molecule is CCNC(=NCc1ccccc1OCCN1CCOCC1)NCC(CO)c1ccccc1.I. The second-order valence-electron chi connectivity index (χ2n) is 7.78. The molecule has 0 aromatic heterocycles. The lowest BCUT2D eigenvalue weighted by atomic mass is 10.0. The molecule has 1 unspecified atom stereocenters. The lowest BCUT2D eigenvalue weighted by molar-refractivity contribution is 0.0322. The summed E-state index contributed by atoms with van der Waals surface area (Å²) in [6.07, 6.45) is 0. The van der Waals surface area contributed by atoms with Crippen LogP contribution in [0.1, 0.15) is 24.0 Å². The smallest absolute Gasteiger partial charge is 0.191 e. The molecule has 1 saturated heterocycles. The zero-order valence-electron chi connectivity index (χ0n) is 19.4. The Morgan fingerprint density at radius 2 is 1.82 bits per heavy atom. The quantitative estimate of drug-likeness (QED) is 0.220. The number of nitrogens with zero attached hydrogens (tertiary/aromatic N) is 2. The third-order valence-corrected chi connectivity index (χ3v) is 5.50. The molecule has 1 heterocycles. The Morgan fingerprint density at radius 3 is 2.55 bits per heavy atom. The van der Waals surface area contributed by atoms with Crippen molar-refractivity contribution in [2.45, 2.75) is 19.4 Å². The van der Waals surface area contributed by atoms with Gasteiger partial charge in [-0.1, -0.05) is 48.5 Å². The highest BCUT2D eigenvalue weighted by molar-refractivity contribution is 14.0. The Balaban J connectivity index is 0.00000385. The zero-order valence-corrected chi connectivity index (χ0v) is 21.7. The molecule has 0 aliphatic carbocycles. The van der Waals surface area contributed by atoms with Crippen molar-refractivity contribution < 1.29 is 14.6 Å². The van der Waals surface area contributed by atoms with Crippen LogP contribution in [0.3, 0.4) is 0 Å². The number of nitrogens with one attached hydrogen (secondary N) is 2. The monoisotopic (exact) mass is 568 g/mol. The van der Waals surface area contributed by atoms with E-state index in [0.29, 0.717) is 19.7 Å². The van der Waals surface area contributed by atoms with Crippen LogP contribution in [-0.2, 0) is 11.3 Å². The maximum atomic E-state index is 9.82. The first kappa shape index (κ1) is 27.4. The van der Waals surface area contributed by atoms with Gasteiger partial charge in [0.25, 0.3) is 0 Å². The van der Waals surface area contributed by atoms with Gasteiger partial charge in [0.1, 0.15) is 12.4 Å². The molecule has 7 nitrogen and oxygen atoms in total. The number of hydrogen-bond acceptors (Lipinski definition) is 5. The van der Waals surface area contributed by atoms with E-state index in [1.165, 1.54) is 0 Å². The van der Waals surface area contributed by atoms with Crippen LogP contribution in [0.2, 0.25) is 0 Å². The molecule has 1 aliphatic rings. The topological polar surface area (TPSA) is 78.4 Å². The molecule has 1 atom stereocenters. The number of benzene rings is 2. The molecule has 8 heteroatoms. The first-order chi connectivity index (χ1) is 15.8. The predicted octanol–water partition coefficient (Wildman–Crippen LogP) is 2.85. The lowest BCUT2D eigenvalue weighted by Crippen LogP contribution is -2.40. The molecule has 3 N–H and O–H groups in total. The van der Waals surface area contributed by atoms with Crippen LogP contribution >= 0.6 is 24.0 Å². The number of guanidine groups is 1. The van der Waals surface area contributed by atoms with Crippen molar-refractivity contribution in [1.29, 1.82) is 0 Å². The number of aliphatic hydroxyl groups is 1. The highest BCUT2D eigenvalue weighted by Crippen LogP contribution is 2.19. The first-order valence-corrected chi connectivity index (χ1v) is 11.5. The van der Waals surface area contributed by atoms with Gasteiger partial charge in [-0.3, -0.25) is 4.90 Å². The molecule has 2 aromatic rings. The maximum Gasteiger partial charge on any atom is 0.191 e. The van der Waals surface area contributed by atoms with Gasteiger partial charge >= 0.3 is 0 Å². The van der Waals surface area contributed by atoms with E-state index in [9.17, 15) is 5.11 Å². The molecule has 1 aliphatic heterocycles. The third kappa shape index (κ3) is 9.48. The Kier molecular flexibility index (Phi) is 13.2. The fourth-order valence-corrected chi connectivity index (χ4v) is 3.62. The minimum atomic E-state index is 0. The zero-order chi connectivity index (χ0) is 22.4. The largest absolute Gasteiger partial charge is 0.492 e. The number of rotatable bonds is 11. The van der Waals surface area contributed by atoms with Crippen LogP contribution in [0.25, 0.3) is 0 Å². The predicted molar refractivity (Wildman–Crippen MR) is 144 cm³/mol. The minimum absolute atomic E-state index is 0. The number of hydrogen-bond donors (Lipinski definition) is 3. The molecule has 0 radical (unpaired) electrons. The summed E-state index contributed by atoms with van der Waals surface area (Å²) in [7, 11) is 0. The molecule has 182 valence electrons. The number of halogens is 1. The number of para-hydroxylation sites is 1. The molecule has 3 rings (SSSR count). The van der Waals surface area contributed by atoms with Crippen LogP contribution in [0.5, 0.6) is 5.75 Å². The van der Waals surface area contributed by atoms with Gasteiger partial charge in [0.05, 0.1) is 26.4 Å². The van der Waals surface area contributed by atoms with Crippen molar-refractivity contribution in [1.82, 2.24) is 15.5 Å². The summed E-state index contributed by atoms with van der Waals surface area (Å²) in [5.41, 5.74) is 2.16. The molecule has 0 spiro atoms. The Hall–Kier alpha value is -1.88. The molecule has 33 heavy (non-hydrogen) atoms. The van der Waals surface area contributed by atoms with E-state index in [-0.39, 0.29) is 36.5 Å². The molecule has 1 fully saturated rings. The van der Waals surface area contributed by atoms with Gasteiger partial charge in [-0.05, 0) is 18.6 Å². The van der Waals surface area contributed by atoms with Crippen LogP contribution in [0, 0.1) is 0 Å². The van der Waals surface area contributed by atoms with Crippen LogP contribution in [0.4, 0.5) is 0 Å². The van der Waals surface area contributed by atoms with Gasteiger partial charge in [-0.2, -0.15) is 0 Å². The first-order valence-electron chi connectivity index (χ1n) is 11.5. The molecule has 0 bridgehead atoms. The normalized spacial score (nSPS) is 15.4. The maximum absolute atomic E-state index is 9.82. The molecular weight excluding hydrogens is 531 g/mol. The highest BCUT2D eigenvalue weighted by Gasteiger charge is 2.12. The molecule has 0 saturated carbocycles. The van der Waals surface area contributed by atoms with Gasteiger partial charge in [-0.25, -0.2) is 4.99 Å². The summed E-state index contributed by atoms with van der Waals surface area (Å²) in [5.74, 6) is 1.61. The van der Waals surface area contributed by atoms with Gasteiger partial charge in [0.15, 0.2) is 5.96 Å². The standard InChI is InChI=1S/C25H36N4O3.HI/c1-2-26-25(28-19-23(20-30)21-8-4-3-5-9-21)27-18-22-10-6-7-11-24(22)32-17-14-29-12-15-31-16-13-29;/h3-11,23,30H,2,12-20H2,1H3,(H2,26,27,28);1H. The van der Waals surface area contributed by atoms with E-state index in [1.807, 2.05) is 55.5 Å². The minimum Gasteiger partial charge on any atom is -0.492 e. The Morgan fingerprint density at radius 1 is 1.09 bits per heavy atom. The van der Waals surface area contributed by atoms with Crippen molar-refractivity contribution in [2.75, 3.05) is 59.2 Å².